The maximum Gasteiger partial charge on any atom is 0.276 e. The zero-order valence-electron chi connectivity index (χ0n) is 15.3. The lowest BCUT2D eigenvalue weighted by Crippen LogP contribution is -2.18. The van der Waals surface area contributed by atoms with Crippen LogP contribution in [-0.2, 0) is 6.54 Å². The second-order valence-corrected chi connectivity index (χ2v) is 6.88. The Hall–Kier alpha value is -3.64. The lowest BCUT2D eigenvalue weighted by molar-refractivity contribution is 0.102. The number of anilines is 1. The molecule has 4 rings (SSSR count). The third kappa shape index (κ3) is 4.44. The largest absolute Gasteiger partial charge is 0.321 e. The van der Waals surface area contributed by atoms with Gasteiger partial charge < -0.3 is 9.88 Å². The minimum atomic E-state index is -0.308. The van der Waals surface area contributed by atoms with Crippen molar-refractivity contribution in [1.82, 2.24) is 14.3 Å². The van der Waals surface area contributed by atoms with Gasteiger partial charge in [0.05, 0.1) is 12.2 Å². The number of amides is 1. The Morgan fingerprint density at radius 3 is 2.55 bits per heavy atom. The van der Waals surface area contributed by atoms with E-state index >= 15 is 0 Å². The third-order valence-corrected chi connectivity index (χ3v) is 4.59. The monoisotopic (exact) mass is 404 g/mol. The van der Waals surface area contributed by atoms with E-state index < -0.39 is 0 Å². The van der Waals surface area contributed by atoms with Crippen LogP contribution in [0.25, 0.3) is 5.69 Å². The molecular weight excluding hydrogens is 388 g/mol. The maximum absolute atomic E-state index is 12.5. The Labute approximate surface area is 172 Å². The highest BCUT2D eigenvalue weighted by Gasteiger charge is 2.11. The van der Waals surface area contributed by atoms with E-state index in [1.165, 1.54) is 6.07 Å². The molecule has 1 N–H and O–H groups in total. The first kappa shape index (κ1) is 18.7. The summed E-state index contributed by atoms with van der Waals surface area (Å²) in [6, 6.07) is 21.3. The molecule has 29 heavy (non-hydrogen) atoms. The van der Waals surface area contributed by atoms with Gasteiger partial charge in [0, 0.05) is 29.2 Å². The van der Waals surface area contributed by atoms with Gasteiger partial charge in [0.1, 0.15) is 0 Å². The molecule has 0 aliphatic rings. The second-order valence-electron chi connectivity index (χ2n) is 6.44. The average Bonchev–Trinajstić information content (AvgIpc) is 3.22. The molecule has 0 unspecified atom stereocenters. The van der Waals surface area contributed by atoms with Gasteiger partial charge in [-0.15, -0.1) is 0 Å². The smallest absolute Gasteiger partial charge is 0.276 e. The van der Waals surface area contributed by atoms with Gasteiger partial charge in [-0.1, -0.05) is 35.9 Å². The van der Waals surface area contributed by atoms with Crippen LogP contribution >= 0.6 is 11.6 Å². The van der Waals surface area contributed by atoms with Gasteiger partial charge >= 0.3 is 0 Å². The molecule has 4 aromatic rings. The van der Waals surface area contributed by atoms with E-state index in [-0.39, 0.29) is 11.5 Å². The lowest BCUT2D eigenvalue weighted by atomic mass is 10.2. The van der Waals surface area contributed by atoms with Gasteiger partial charge in [-0.3, -0.25) is 9.59 Å². The van der Waals surface area contributed by atoms with Crippen molar-refractivity contribution < 1.29 is 4.79 Å². The Bertz CT molecular complexity index is 1210. The number of halogens is 1. The van der Waals surface area contributed by atoms with Crippen LogP contribution in [0.5, 0.6) is 0 Å². The highest BCUT2D eigenvalue weighted by molar-refractivity contribution is 6.30. The number of rotatable bonds is 5. The van der Waals surface area contributed by atoms with E-state index in [9.17, 15) is 9.59 Å². The predicted molar refractivity (Wildman–Crippen MR) is 113 cm³/mol. The highest BCUT2D eigenvalue weighted by atomic mass is 35.5. The Balaban J connectivity index is 1.44. The first-order chi connectivity index (χ1) is 14.1. The number of carbonyl (C=O) groups excluding carboxylic acids is 1. The zero-order chi connectivity index (χ0) is 20.2. The zero-order valence-corrected chi connectivity index (χ0v) is 16.1. The Kier molecular flexibility index (Phi) is 5.27. The molecule has 0 atom stereocenters. The van der Waals surface area contributed by atoms with Crippen molar-refractivity contribution in [3.05, 3.63) is 112 Å². The molecule has 0 saturated heterocycles. The summed E-state index contributed by atoms with van der Waals surface area (Å²) < 4.78 is 3.22. The van der Waals surface area contributed by atoms with Gasteiger partial charge in [0.15, 0.2) is 5.69 Å². The molecule has 1 amide bonds. The summed E-state index contributed by atoms with van der Waals surface area (Å²) >= 11 is 6.00. The van der Waals surface area contributed by atoms with Crippen molar-refractivity contribution in [3.8, 4) is 5.69 Å². The number of hydrogen-bond donors (Lipinski definition) is 1. The summed E-state index contributed by atoms with van der Waals surface area (Å²) in [5.74, 6) is -0.308. The van der Waals surface area contributed by atoms with E-state index in [0.29, 0.717) is 22.9 Å². The van der Waals surface area contributed by atoms with Crippen molar-refractivity contribution in [2.24, 2.45) is 0 Å². The van der Waals surface area contributed by atoms with Crippen molar-refractivity contribution in [2.75, 3.05) is 5.32 Å². The van der Waals surface area contributed by atoms with Crippen molar-refractivity contribution in [1.29, 1.82) is 0 Å². The second kappa shape index (κ2) is 8.16. The summed E-state index contributed by atoms with van der Waals surface area (Å²) in [7, 11) is 0. The SMILES string of the molecule is O=C(Nc1ccc(Cn2ccccc2=O)cc1)c1ccn(-c2cccc(Cl)c2)n1. The topological polar surface area (TPSA) is 68.9 Å². The van der Waals surface area contributed by atoms with Gasteiger partial charge in [0.25, 0.3) is 11.5 Å². The normalized spacial score (nSPS) is 10.7. The number of hydrogen-bond acceptors (Lipinski definition) is 3. The molecule has 0 bridgehead atoms. The Morgan fingerprint density at radius 1 is 0.966 bits per heavy atom. The van der Waals surface area contributed by atoms with Crippen LogP contribution < -0.4 is 10.9 Å². The first-order valence-corrected chi connectivity index (χ1v) is 9.34. The standard InChI is InChI=1S/C22H17ClN4O2/c23-17-4-3-5-19(14-17)27-13-11-20(25-27)22(29)24-18-9-7-16(8-10-18)15-26-12-2-1-6-21(26)28/h1-14H,15H2,(H,24,29). The van der Waals surface area contributed by atoms with E-state index in [0.717, 1.165) is 11.3 Å². The van der Waals surface area contributed by atoms with Crippen LogP contribution in [0.1, 0.15) is 16.1 Å². The molecule has 2 aromatic carbocycles. The van der Waals surface area contributed by atoms with Gasteiger partial charge in [-0.2, -0.15) is 5.10 Å². The van der Waals surface area contributed by atoms with E-state index in [2.05, 4.69) is 10.4 Å². The van der Waals surface area contributed by atoms with Crippen LogP contribution in [0.15, 0.2) is 90.0 Å². The minimum absolute atomic E-state index is 0.0554. The molecule has 0 saturated carbocycles. The number of pyridine rings is 1. The van der Waals surface area contributed by atoms with Crippen LogP contribution in [0, 0.1) is 0 Å². The summed E-state index contributed by atoms with van der Waals surface area (Å²) in [6.45, 7) is 0.470. The molecule has 2 heterocycles. The molecule has 0 aliphatic carbocycles. The lowest BCUT2D eigenvalue weighted by Gasteiger charge is -2.07. The van der Waals surface area contributed by atoms with Crippen LogP contribution in [-0.4, -0.2) is 20.3 Å². The van der Waals surface area contributed by atoms with E-state index in [1.807, 2.05) is 30.3 Å². The molecule has 2 aromatic heterocycles. The summed E-state index contributed by atoms with van der Waals surface area (Å²) in [4.78, 5) is 24.3. The quantitative estimate of drug-likeness (QED) is 0.547. The third-order valence-electron chi connectivity index (χ3n) is 4.36. The van der Waals surface area contributed by atoms with Crippen LogP contribution in [0.2, 0.25) is 5.02 Å². The number of carbonyl (C=O) groups is 1. The molecule has 144 valence electrons. The van der Waals surface area contributed by atoms with Crippen molar-refractivity contribution in [2.45, 2.75) is 6.54 Å². The van der Waals surface area contributed by atoms with Crippen molar-refractivity contribution in [3.63, 3.8) is 0 Å². The maximum atomic E-state index is 12.5. The molecule has 0 fully saturated rings. The van der Waals surface area contributed by atoms with Crippen LogP contribution in [0.4, 0.5) is 5.69 Å². The molecular formula is C22H17ClN4O2. The fourth-order valence-electron chi connectivity index (χ4n) is 2.88. The fourth-order valence-corrected chi connectivity index (χ4v) is 3.07. The predicted octanol–water partition coefficient (Wildman–Crippen LogP) is 3.99. The molecule has 0 spiro atoms. The molecule has 7 heteroatoms. The number of nitrogens with zero attached hydrogens (tertiary/aromatic N) is 3. The molecule has 6 nitrogen and oxygen atoms in total. The average molecular weight is 405 g/mol. The fraction of sp³-hybridized carbons (Fsp3) is 0.0455. The minimum Gasteiger partial charge on any atom is -0.321 e. The van der Waals surface area contributed by atoms with Gasteiger partial charge in [-0.05, 0) is 48.0 Å². The van der Waals surface area contributed by atoms with Gasteiger partial charge in [0.2, 0.25) is 0 Å². The molecule has 0 aliphatic heterocycles. The first-order valence-electron chi connectivity index (χ1n) is 8.96. The van der Waals surface area contributed by atoms with Gasteiger partial charge in [-0.25, -0.2) is 4.68 Å². The van der Waals surface area contributed by atoms with E-state index in [1.54, 1.807) is 58.0 Å². The summed E-state index contributed by atoms with van der Waals surface area (Å²) in [6.07, 6.45) is 3.45. The summed E-state index contributed by atoms with van der Waals surface area (Å²) in [5, 5.41) is 7.74. The number of benzene rings is 2. The van der Waals surface area contributed by atoms with Crippen LogP contribution in [0.3, 0.4) is 0 Å². The van der Waals surface area contributed by atoms with Crippen molar-refractivity contribution >= 4 is 23.2 Å². The highest BCUT2D eigenvalue weighted by Crippen LogP contribution is 2.15. The Morgan fingerprint density at radius 2 is 1.79 bits per heavy atom. The number of aromatic nitrogens is 3. The van der Waals surface area contributed by atoms with E-state index in [4.69, 9.17) is 11.6 Å². The number of nitrogens with one attached hydrogen (secondary N) is 1. The molecule has 0 radical (unpaired) electrons. The summed E-state index contributed by atoms with van der Waals surface area (Å²) in [5.41, 5.74) is 2.63.